The molecule has 0 radical (unpaired) electrons. The second kappa shape index (κ2) is 6.16. The lowest BCUT2D eigenvalue weighted by atomic mass is 10.1. The average molecular weight is 371 g/mol. The Morgan fingerprint density at radius 1 is 1.16 bits per heavy atom. The maximum absolute atomic E-state index is 11.8. The SMILES string of the molecule is CS(=O)(=O)N1CCc2cc(-c3csc(Nc4ccccc4)n3)ccc21. The van der Waals surface area contributed by atoms with E-state index in [9.17, 15) is 8.42 Å². The summed E-state index contributed by atoms with van der Waals surface area (Å²) in [6.07, 6.45) is 1.98. The van der Waals surface area contributed by atoms with Gasteiger partial charge in [-0.2, -0.15) is 0 Å². The summed E-state index contributed by atoms with van der Waals surface area (Å²) in [5.74, 6) is 0. The van der Waals surface area contributed by atoms with E-state index in [2.05, 4.69) is 10.3 Å². The standard InChI is InChI=1S/C18H17N3O2S2/c1-25(22,23)21-10-9-14-11-13(7-8-17(14)21)16-12-24-18(20-16)19-15-5-3-2-4-6-15/h2-8,11-12H,9-10H2,1H3,(H,19,20). The molecule has 2 aromatic carbocycles. The molecule has 1 aliphatic rings. The summed E-state index contributed by atoms with van der Waals surface area (Å²) in [6, 6.07) is 15.8. The van der Waals surface area contributed by atoms with E-state index in [0.29, 0.717) is 6.54 Å². The molecule has 4 rings (SSSR count). The van der Waals surface area contributed by atoms with E-state index in [1.807, 2.05) is 53.9 Å². The zero-order chi connectivity index (χ0) is 17.4. The van der Waals surface area contributed by atoms with Crippen molar-refractivity contribution >= 4 is 37.9 Å². The van der Waals surface area contributed by atoms with E-state index in [4.69, 9.17) is 0 Å². The van der Waals surface area contributed by atoms with Crippen molar-refractivity contribution in [3.05, 3.63) is 59.5 Å². The summed E-state index contributed by atoms with van der Waals surface area (Å²) in [6.45, 7) is 0.509. The quantitative estimate of drug-likeness (QED) is 0.756. The van der Waals surface area contributed by atoms with E-state index < -0.39 is 10.0 Å². The lowest BCUT2D eigenvalue weighted by molar-refractivity contribution is 0.598. The first-order valence-corrected chi connectivity index (χ1v) is 10.6. The van der Waals surface area contributed by atoms with Gasteiger partial charge in [0.1, 0.15) is 0 Å². The summed E-state index contributed by atoms with van der Waals surface area (Å²) in [5, 5.41) is 6.14. The molecule has 1 aromatic heterocycles. The van der Waals surface area contributed by atoms with Gasteiger partial charge in [-0.1, -0.05) is 24.3 Å². The predicted molar refractivity (Wildman–Crippen MR) is 103 cm³/mol. The fourth-order valence-electron chi connectivity index (χ4n) is 2.98. The van der Waals surface area contributed by atoms with Gasteiger partial charge in [-0.15, -0.1) is 11.3 Å². The molecule has 2 heterocycles. The average Bonchev–Trinajstić information content (AvgIpc) is 3.21. The highest BCUT2D eigenvalue weighted by atomic mass is 32.2. The Kier molecular flexibility index (Phi) is 3.97. The molecule has 25 heavy (non-hydrogen) atoms. The summed E-state index contributed by atoms with van der Waals surface area (Å²) in [5.41, 5.74) is 4.73. The van der Waals surface area contributed by atoms with E-state index in [0.717, 1.165) is 39.7 Å². The number of benzene rings is 2. The first kappa shape index (κ1) is 16.1. The molecule has 0 amide bonds. The highest BCUT2D eigenvalue weighted by molar-refractivity contribution is 7.92. The number of fused-ring (bicyclic) bond motifs is 1. The van der Waals surface area contributed by atoms with Crippen molar-refractivity contribution in [3.63, 3.8) is 0 Å². The van der Waals surface area contributed by atoms with Crippen molar-refractivity contribution in [2.45, 2.75) is 6.42 Å². The van der Waals surface area contributed by atoms with E-state index in [1.165, 1.54) is 10.6 Å². The molecule has 0 saturated carbocycles. The van der Waals surface area contributed by atoms with Gasteiger partial charge < -0.3 is 5.32 Å². The van der Waals surface area contributed by atoms with Crippen LogP contribution in [-0.2, 0) is 16.4 Å². The lowest BCUT2D eigenvalue weighted by Crippen LogP contribution is -2.27. The van der Waals surface area contributed by atoms with Crippen LogP contribution < -0.4 is 9.62 Å². The number of nitrogens with one attached hydrogen (secondary N) is 1. The fourth-order valence-corrected chi connectivity index (χ4v) is 4.68. The van der Waals surface area contributed by atoms with Crippen LogP contribution in [0.25, 0.3) is 11.3 Å². The van der Waals surface area contributed by atoms with Crippen molar-refractivity contribution in [2.24, 2.45) is 0 Å². The Bertz CT molecular complexity index is 1010. The maximum Gasteiger partial charge on any atom is 0.232 e. The third kappa shape index (κ3) is 3.25. The number of aromatic nitrogens is 1. The topological polar surface area (TPSA) is 62.3 Å². The minimum atomic E-state index is -3.21. The van der Waals surface area contributed by atoms with Gasteiger partial charge in [0.05, 0.1) is 17.6 Å². The zero-order valence-corrected chi connectivity index (χ0v) is 15.3. The molecule has 0 aliphatic carbocycles. The molecule has 0 bridgehead atoms. The summed E-state index contributed by atoms with van der Waals surface area (Å²) >= 11 is 1.55. The van der Waals surface area contributed by atoms with E-state index in [1.54, 1.807) is 11.3 Å². The Morgan fingerprint density at radius 2 is 1.96 bits per heavy atom. The number of hydrogen-bond acceptors (Lipinski definition) is 5. The zero-order valence-electron chi connectivity index (χ0n) is 13.6. The predicted octanol–water partition coefficient (Wildman–Crippen LogP) is 3.88. The lowest BCUT2D eigenvalue weighted by Gasteiger charge is -2.16. The van der Waals surface area contributed by atoms with Crippen molar-refractivity contribution in [2.75, 3.05) is 22.4 Å². The molecule has 0 fully saturated rings. The highest BCUT2D eigenvalue weighted by Gasteiger charge is 2.26. The Morgan fingerprint density at radius 3 is 2.72 bits per heavy atom. The van der Waals surface area contributed by atoms with Crippen molar-refractivity contribution in [1.82, 2.24) is 4.98 Å². The molecule has 0 saturated heterocycles. The number of thiazole rings is 1. The van der Waals surface area contributed by atoms with Gasteiger partial charge in [0.2, 0.25) is 10.0 Å². The van der Waals surface area contributed by atoms with Gasteiger partial charge in [0.15, 0.2) is 5.13 Å². The third-order valence-electron chi connectivity index (χ3n) is 4.16. The van der Waals surface area contributed by atoms with Crippen LogP contribution in [0.4, 0.5) is 16.5 Å². The molecule has 1 aliphatic heterocycles. The molecule has 3 aromatic rings. The number of rotatable bonds is 4. The molecule has 7 heteroatoms. The number of sulfonamides is 1. The fraction of sp³-hybridized carbons (Fsp3) is 0.167. The molecule has 5 nitrogen and oxygen atoms in total. The van der Waals surface area contributed by atoms with Crippen molar-refractivity contribution in [3.8, 4) is 11.3 Å². The van der Waals surface area contributed by atoms with Crippen LogP contribution >= 0.6 is 11.3 Å². The number of anilines is 3. The van der Waals surface area contributed by atoms with Crippen LogP contribution in [0.5, 0.6) is 0 Å². The minimum Gasteiger partial charge on any atom is -0.332 e. The van der Waals surface area contributed by atoms with Crippen LogP contribution in [-0.4, -0.2) is 26.2 Å². The summed E-state index contributed by atoms with van der Waals surface area (Å²) < 4.78 is 25.1. The molecular formula is C18H17N3O2S2. The monoisotopic (exact) mass is 371 g/mol. The third-order valence-corrected chi connectivity index (χ3v) is 6.10. The van der Waals surface area contributed by atoms with Crippen LogP contribution in [0, 0.1) is 0 Å². The second-order valence-corrected chi connectivity index (χ2v) is 8.72. The Balaban J connectivity index is 1.60. The second-order valence-electron chi connectivity index (χ2n) is 5.96. The smallest absolute Gasteiger partial charge is 0.232 e. The van der Waals surface area contributed by atoms with Gasteiger partial charge in [-0.05, 0) is 36.2 Å². The number of para-hydroxylation sites is 1. The van der Waals surface area contributed by atoms with Gasteiger partial charge in [-0.25, -0.2) is 13.4 Å². The maximum atomic E-state index is 11.8. The first-order valence-electron chi connectivity index (χ1n) is 7.89. The van der Waals surface area contributed by atoms with Crippen LogP contribution in [0.15, 0.2) is 53.9 Å². The highest BCUT2D eigenvalue weighted by Crippen LogP contribution is 2.34. The van der Waals surface area contributed by atoms with Gasteiger partial charge in [-0.3, -0.25) is 4.31 Å². The molecule has 0 spiro atoms. The van der Waals surface area contributed by atoms with Gasteiger partial charge >= 0.3 is 0 Å². The number of hydrogen-bond donors (Lipinski definition) is 1. The van der Waals surface area contributed by atoms with Crippen molar-refractivity contribution in [1.29, 1.82) is 0 Å². The van der Waals surface area contributed by atoms with Crippen LogP contribution in [0.2, 0.25) is 0 Å². The Labute approximate surface area is 151 Å². The largest absolute Gasteiger partial charge is 0.332 e. The molecule has 0 unspecified atom stereocenters. The van der Waals surface area contributed by atoms with E-state index >= 15 is 0 Å². The molecule has 128 valence electrons. The summed E-state index contributed by atoms with van der Waals surface area (Å²) in [7, 11) is -3.21. The number of nitrogens with zero attached hydrogens (tertiary/aromatic N) is 2. The summed E-state index contributed by atoms with van der Waals surface area (Å²) in [4.78, 5) is 4.64. The molecule has 1 N–H and O–H groups in total. The van der Waals surface area contributed by atoms with Crippen LogP contribution in [0.1, 0.15) is 5.56 Å². The van der Waals surface area contributed by atoms with Gasteiger partial charge in [0, 0.05) is 23.2 Å². The van der Waals surface area contributed by atoms with Crippen molar-refractivity contribution < 1.29 is 8.42 Å². The van der Waals surface area contributed by atoms with E-state index in [-0.39, 0.29) is 0 Å². The normalized spacial score (nSPS) is 13.7. The van der Waals surface area contributed by atoms with Crippen LogP contribution in [0.3, 0.4) is 0 Å². The Hall–Kier alpha value is -2.38. The van der Waals surface area contributed by atoms with Gasteiger partial charge in [0.25, 0.3) is 0 Å². The first-order chi connectivity index (χ1) is 12.0. The minimum absolute atomic E-state index is 0.509. The molecular weight excluding hydrogens is 354 g/mol. The molecule has 0 atom stereocenters.